The van der Waals surface area contributed by atoms with Crippen LogP contribution in [-0.2, 0) is 34.5 Å². The van der Waals surface area contributed by atoms with Gasteiger partial charge in [0.1, 0.15) is 0 Å². The van der Waals surface area contributed by atoms with Gasteiger partial charge < -0.3 is 5.32 Å². The van der Waals surface area contributed by atoms with E-state index in [1.54, 1.807) is 0 Å². The molecular weight excluding hydrogens is 354 g/mol. The van der Waals surface area contributed by atoms with Gasteiger partial charge in [0.2, 0.25) is 15.9 Å². The van der Waals surface area contributed by atoms with Crippen LogP contribution in [-0.4, -0.2) is 65.2 Å². The van der Waals surface area contributed by atoms with E-state index in [-0.39, 0.29) is 5.91 Å². The van der Waals surface area contributed by atoms with Gasteiger partial charge >= 0.3 is 0 Å². The van der Waals surface area contributed by atoms with E-state index < -0.39 is 10.0 Å². The minimum atomic E-state index is -3.21. The molecule has 0 radical (unpaired) electrons. The molecule has 8 nitrogen and oxygen atoms in total. The summed E-state index contributed by atoms with van der Waals surface area (Å²) in [6.07, 6.45) is 5.77. The highest BCUT2D eigenvalue weighted by molar-refractivity contribution is 7.88. The summed E-state index contributed by atoms with van der Waals surface area (Å²) in [7, 11) is -3.21. The minimum Gasteiger partial charge on any atom is -0.349 e. The Hall–Kier alpha value is -1.45. The van der Waals surface area contributed by atoms with Crippen LogP contribution in [0.3, 0.4) is 0 Å². The van der Waals surface area contributed by atoms with E-state index >= 15 is 0 Å². The number of rotatable bonds is 5. The number of fused-ring (bicyclic) bond motifs is 3. The fourth-order valence-corrected chi connectivity index (χ4v) is 5.34. The second-order valence-electron chi connectivity index (χ2n) is 7.84. The largest absolute Gasteiger partial charge is 0.349 e. The lowest BCUT2D eigenvalue weighted by Crippen LogP contribution is -2.41. The Bertz CT molecular complexity index is 790. The zero-order chi connectivity index (χ0) is 18.3. The van der Waals surface area contributed by atoms with E-state index in [0.717, 1.165) is 30.3 Å². The molecule has 26 heavy (non-hydrogen) atoms. The lowest BCUT2D eigenvalue weighted by molar-refractivity contribution is -0.122. The molecule has 1 N–H and O–H groups in total. The number of hydrogen-bond donors (Lipinski definition) is 1. The first-order valence-corrected chi connectivity index (χ1v) is 11.2. The molecule has 0 unspecified atom stereocenters. The molecule has 1 aromatic heterocycles. The number of carbonyl (C=O) groups excluding carboxylic acids is 1. The molecule has 2 atom stereocenters. The third-order valence-corrected chi connectivity index (χ3v) is 7.08. The van der Waals surface area contributed by atoms with Crippen molar-refractivity contribution >= 4 is 15.9 Å². The Kier molecular flexibility index (Phi) is 4.79. The van der Waals surface area contributed by atoms with Crippen molar-refractivity contribution in [1.82, 2.24) is 24.3 Å². The summed E-state index contributed by atoms with van der Waals surface area (Å²) in [6.45, 7) is 3.48. The number of nitrogens with zero attached hydrogens (tertiary/aromatic N) is 4. The van der Waals surface area contributed by atoms with Gasteiger partial charge in [0.25, 0.3) is 0 Å². The molecule has 144 valence electrons. The fraction of sp³-hybridized carbons (Fsp3) is 0.765. The highest BCUT2D eigenvalue weighted by Crippen LogP contribution is 2.36. The van der Waals surface area contributed by atoms with Crippen LogP contribution in [0.1, 0.15) is 37.1 Å². The summed E-state index contributed by atoms with van der Waals surface area (Å²) in [5.41, 5.74) is 1.67. The molecule has 2 bridgehead atoms. The van der Waals surface area contributed by atoms with Gasteiger partial charge in [0, 0.05) is 25.7 Å². The number of hydrogen-bond acceptors (Lipinski definition) is 5. The van der Waals surface area contributed by atoms with Crippen LogP contribution in [0.15, 0.2) is 6.07 Å². The Balaban J connectivity index is 1.33. The lowest BCUT2D eigenvalue weighted by atomic mass is 10.1. The normalized spacial score (nSPS) is 26.7. The van der Waals surface area contributed by atoms with Gasteiger partial charge in [-0.1, -0.05) is 0 Å². The van der Waals surface area contributed by atoms with Crippen molar-refractivity contribution < 1.29 is 13.2 Å². The molecule has 0 aromatic carbocycles. The van der Waals surface area contributed by atoms with Gasteiger partial charge in [0.15, 0.2) is 0 Å². The van der Waals surface area contributed by atoms with Gasteiger partial charge in [-0.2, -0.15) is 9.40 Å². The number of nitrogens with one attached hydrogen (secondary N) is 1. The van der Waals surface area contributed by atoms with E-state index in [2.05, 4.69) is 15.3 Å². The van der Waals surface area contributed by atoms with Crippen molar-refractivity contribution in [2.75, 3.05) is 25.9 Å². The number of carbonyl (C=O) groups is 1. The molecule has 1 amide bonds. The van der Waals surface area contributed by atoms with Crippen molar-refractivity contribution in [2.45, 2.75) is 51.4 Å². The molecule has 2 aliphatic heterocycles. The number of aromatic nitrogens is 2. The molecule has 2 fully saturated rings. The maximum atomic E-state index is 12.3. The summed E-state index contributed by atoms with van der Waals surface area (Å²) in [5.74, 6) is 0.827. The first kappa shape index (κ1) is 17.9. The first-order chi connectivity index (χ1) is 12.4. The van der Waals surface area contributed by atoms with Crippen molar-refractivity contribution in [3.8, 4) is 0 Å². The van der Waals surface area contributed by atoms with Gasteiger partial charge in [-0.3, -0.25) is 14.4 Å². The quantitative estimate of drug-likeness (QED) is 0.784. The molecule has 3 aliphatic rings. The fourth-order valence-electron chi connectivity index (χ4n) is 4.51. The van der Waals surface area contributed by atoms with Gasteiger partial charge in [0.05, 0.1) is 37.3 Å². The second-order valence-corrected chi connectivity index (χ2v) is 9.82. The molecule has 3 heterocycles. The van der Waals surface area contributed by atoms with Crippen LogP contribution >= 0.6 is 0 Å². The molecule has 1 saturated heterocycles. The van der Waals surface area contributed by atoms with Crippen molar-refractivity contribution in [3.05, 3.63) is 17.5 Å². The molecule has 1 saturated carbocycles. The van der Waals surface area contributed by atoms with Gasteiger partial charge in [-0.05, 0) is 37.7 Å². The minimum absolute atomic E-state index is 0.0403. The highest BCUT2D eigenvalue weighted by atomic mass is 32.2. The molecule has 9 heteroatoms. The highest BCUT2D eigenvalue weighted by Gasteiger charge is 2.38. The monoisotopic (exact) mass is 381 g/mol. The zero-order valence-corrected chi connectivity index (χ0v) is 16.0. The van der Waals surface area contributed by atoms with Crippen LogP contribution in [0.5, 0.6) is 0 Å². The van der Waals surface area contributed by atoms with E-state index in [0.29, 0.717) is 38.8 Å². The Morgan fingerprint density at radius 1 is 1.35 bits per heavy atom. The average molecular weight is 382 g/mol. The Labute approximate surface area is 154 Å². The third kappa shape index (κ3) is 3.79. The summed E-state index contributed by atoms with van der Waals surface area (Å²) < 4.78 is 27.0. The number of likely N-dealkylation sites (tertiary alicyclic amines) is 1. The molecule has 0 spiro atoms. The van der Waals surface area contributed by atoms with Crippen LogP contribution < -0.4 is 5.32 Å². The van der Waals surface area contributed by atoms with Crippen molar-refractivity contribution in [1.29, 1.82) is 0 Å². The molecule has 1 aliphatic carbocycles. The maximum absolute atomic E-state index is 12.3. The zero-order valence-electron chi connectivity index (χ0n) is 15.2. The number of amides is 1. The van der Waals surface area contributed by atoms with Crippen LogP contribution in [0, 0.1) is 5.92 Å². The predicted octanol–water partition coefficient (Wildman–Crippen LogP) is 0.149. The lowest BCUT2D eigenvalue weighted by Gasteiger charge is -2.25. The van der Waals surface area contributed by atoms with Crippen LogP contribution in [0.2, 0.25) is 0 Å². The van der Waals surface area contributed by atoms with E-state index in [9.17, 15) is 13.2 Å². The SMILES string of the molecule is CS(=O)(=O)N1CCCn2nc(CNC(=O)CN3C[C@@H]4CC[C@H]3C4)cc2C1. The maximum Gasteiger partial charge on any atom is 0.234 e. The smallest absolute Gasteiger partial charge is 0.234 e. The van der Waals surface area contributed by atoms with Gasteiger partial charge in [-0.15, -0.1) is 0 Å². The average Bonchev–Trinajstić information content (AvgIpc) is 3.24. The van der Waals surface area contributed by atoms with E-state index in [1.165, 1.54) is 29.8 Å². The summed E-state index contributed by atoms with van der Waals surface area (Å²) >= 11 is 0. The Morgan fingerprint density at radius 3 is 2.88 bits per heavy atom. The number of sulfonamides is 1. The first-order valence-electron chi connectivity index (χ1n) is 9.40. The Morgan fingerprint density at radius 2 is 2.19 bits per heavy atom. The van der Waals surface area contributed by atoms with Crippen LogP contribution in [0.4, 0.5) is 0 Å². The third-order valence-electron chi connectivity index (χ3n) is 5.83. The van der Waals surface area contributed by atoms with Gasteiger partial charge in [-0.25, -0.2) is 8.42 Å². The second kappa shape index (κ2) is 6.94. The number of piperidine rings is 1. The van der Waals surface area contributed by atoms with Crippen LogP contribution in [0.25, 0.3) is 0 Å². The van der Waals surface area contributed by atoms with Crippen molar-refractivity contribution in [2.24, 2.45) is 5.92 Å². The summed E-state index contributed by atoms with van der Waals surface area (Å²) in [6, 6.07) is 2.50. The van der Waals surface area contributed by atoms with E-state index in [4.69, 9.17) is 0 Å². The summed E-state index contributed by atoms with van der Waals surface area (Å²) in [5, 5.41) is 7.50. The molecular formula is C17H27N5O3S. The molecule has 4 rings (SSSR count). The predicted molar refractivity (Wildman–Crippen MR) is 96.6 cm³/mol. The summed E-state index contributed by atoms with van der Waals surface area (Å²) in [4.78, 5) is 14.6. The van der Waals surface area contributed by atoms with E-state index in [1.807, 2.05) is 10.7 Å². The topological polar surface area (TPSA) is 87.5 Å². The van der Waals surface area contributed by atoms with Crippen molar-refractivity contribution in [3.63, 3.8) is 0 Å². The standard InChI is InChI=1S/C17H27N5O3S/c1-26(24,25)21-5-2-6-22-16(11-21)8-14(19-22)9-18-17(23)12-20-10-13-3-4-15(20)7-13/h8,13,15H,2-7,9-12H2,1H3,(H,18,23)/t13-,15+/m1/s1. The molecule has 1 aromatic rings. The number of aryl methyl sites for hydroxylation is 1.